The maximum Gasteiger partial charge on any atom is 0.185 e. The third kappa shape index (κ3) is 4.19. The van der Waals surface area contributed by atoms with Crippen molar-refractivity contribution in [2.45, 2.75) is 19.8 Å². The molecule has 0 aliphatic heterocycles. The number of ether oxygens (including phenoxy) is 2. The molecule has 0 aromatic heterocycles. The fourth-order valence-corrected chi connectivity index (χ4v) is 3.46. The molecule has 0 amide bonds. The molecule has 0 atom stereocenters. The first kappa shape index (κ1) is 19.5. The second-order valence-corrected chi connectivity index (χ2v) is 7.04. The van der Waals surface area contributed by atoms with Crippen LogP contribution >= 0.6 is 0 Å². The molecule has 2 aromatic rings. The van der Waals surface area contributed by atoms with Gasteiger partial charge >= 0.3 is 0 Å². The minimum absolute atomic E-state index is 0.0104. The molecule has 0 heterocycles. The van der Waals surface area contributed by atoms with Crippen molar-refractivity contribution in [3.63, 3.8) is 0 Å². The molecule has 0 bridgehead atoms. The fourth-order valence-electron chi connectivity index (χ4n) is 3.46. The number of hydrogen-bond donors (Lipinski definition) is 2. The van der Waals surface area contributed by atoms with E-state index in [1.807, 2.05) is 24.3 Å². The topological polar surface area (TPSA) is 76.0 Å². The third-order valence-electron chi connectivity index (χ3n) is 4.81. The van der Waals surface area contributed by atoms with Gasteiger partial charge in [-0.3, -0.25) is 4.79 Å². The van der Waals surface area contributed by atoms with Gasteiger partial charge in [-0.25, -0.2) is 0 Å². The van der Waals surface area contributed by atoms with Crippen molar-refractivity contribution >= 4 is 17.9 Å². The molecule has 1 aliphatic rings. The van der Waals surface area contributed by atoms with E-state index in [9.17, 15) is 15.0 Å². The van der Waals surface area contributed by atoms with E-state index < -0.39 is 0 Å². The summed E-state index contributed by atoms with van der Waals surface area (Å²) in [6.07, 6.45) is 4.99. The van der Waals surface area contributed by atoms with E-state index in [0.717, 1.165) is 11.1 Å². The highest BCUT2D eigenvalue weighted by Gasteiger charge is 2.25. The van der Waals surface area contributed by atoms with Gasteiger partial charge in [-0.2, -0.15) is 0 Å². The number of Topliss-reactive ketones (excluding diaryl/α,β-unsaturated/α-hetero) is 1. The molecule has 0 radical (unpaired) electrons. The van der Waals surface area contributed by atoms with E-state index in [2.05, 4.69) is 6.92 Å². The van der Waals surface area contributed by atoms with Crippen LogP contribution in [0.15, 0.2) is 47.5 Å². The van der Waals surface area contributed by atoms with Gasteiger partial charge in [-0.15, -0.1) is 0 Å². The maximum absolute atomic E-state index is 13.0. The summed E-state index contributed by atoms with van der Waals surface area (Å²) in [6, 6.07) is 10.1. The van der Waals surface area contributed by atoms with E-state index in [0.29, 0.717) is 41.4 Å². The Morgan fingerprint density at radius 2 is 1.29 bits per heavy atom. The molecule has 5 heteroatoms. The summed E-state index contributed by atoms with van der Waals surface area (Å²) in [6.45, 7) is 2.10. The van der Waals surface area contributed by atoms with E-state index >= 15 is 0 Å². The van der Waals surface area contributed by atoms with Crippen molar-refractivity contribution in [1.29, 1.82) is 0 Å². The Bertz CT molecular complexity index is 880. The minimum atomic E-state index is -0.0104. The summed E-state index contributed by atoms with van der Waals surface area (Å²) >= 11 is 0. The van der Waals surface area contributed by atoms with Crippen LogP contribution < -0.4 is 9.47 Å². The van der Waals surface area contributed by atoms with Gasteiger partial charge in [0.2, 0.25) is 0 Å². The fraction of sp³-hybridized carbons (Fsp3) is 0.261. The van der Waals surface area contributed by atoms with Crippen LogP contribution in [-0.4, -0.2) is 30.2 Å². The first-order chi connectivity index (χ1) is 13.4. The monoisotopic (exact) mass is 380 g/mol. The average Bonchev–Trinajstić information content (AvgIpc) is 2.66. The Labute approximate surface area is 164 Å². The van der Waals surface area contributed by atoms with E-state index in [-0.39, 0.29) is 17.3 Å². The smallest absolute Gasteiger partial charge is 0.185 e. The second kappa shape index (κ2) is 8.21. The van der Waals surface area contributed by atoms with Gasteiger partial charge in [-0.1, -0.05) is 19.1 Å². The zero-order valence-electron chi connectivity index (χ0n) is 16.2. The van der Waals surface area contributed by atoms with Gasteiger partial charge in [0, 0.05) is 11.1 Å². The third-order valence-corrected chi connectivity index (χ3v) is 4.81. The van der Waals surface area contributed by atoms with E-state index in [1.165, 1.54) is 14.2 Å². The Kier molecular flexibility index (Phi) is 5.73. The van der Waals surface area contributed by atoms with Crippen LogP contribution in [0.2, 0.25) is 0 Å². The number of allylic oxidation sites excluding steroid dienone is 2. The van der Waals surface area contributed by atoms with Crippen LogP contribution in [-0.2, 0) is 4.79 Å². The molecule has 1 aliphatic carbocycles. The van der Waals surface area contributed by atoms with Crippen molar-refractivity contribution in [3.05, 3.63) is 58.7 Å². The van der Waals surface area contributed by atoms with Gasteiger partial charge in [-0.05, 0) is 66.3 Å². The van der Waals surface area contributed by atoms with Crippen LogP contribution in [0.4, 0.5) is 0 Å². The predicted molar refractivity (Wildman–Crippen MR) is 109 cm³/mol. The molecule has 3 rings (SSSR count). The van der Waals surface area contributed by atoms with Crippen LogP contribution in [0.3, 0.4) is 0 Å². The van der Waals surface area contributed by atoms with Crippen molar-refractivity contribution in [2.75, 3.05) is 14.2 Å². The normalized spacial score (nSPS) is 19.8. The summed E-state index contributed by atoms with van der Waals surface area (Å²) in [5.41, 5.74) is 2.90. The number of benzene rings is 2. The predicted octanol–water partition coefficient (Wildman–Crippen LogP) is 4.58. The summed E-state index contributed by atoms with van der Waals surface area (Å²) in [5.74, 6) is 1.17. The lowest BCUT2D eigenvalue weighted by molar-refractivity contribution is -0.113. The summed E-state index contributed by atoms with van der Waals surface area (Å²) in [7, 11) is 2.99. The molecule has 2 N–H and O–H groups in total. The maximum atomic E-state index is 13.0. The number of aromatic hydroxyl groups is 2. The zero-order chi connectivity index (χ0) is 20.3. The molecule has 0 saturated heterocycles. The first-order valence-electron chi connectivity index (χ1n) is 9.11. The minimum Gasteiger partial charge on any atom is -0.504 e. The molecular weight excluding hydrogens is 356 g/mol. The quantitative estimate of drug-likeness (QED) is 0.759. The highest BCUT2D eigenvalue weighted by Crippen LogP contribution is 2.34. The number of phenolic OH excluding ortho intramolecular Hbond substituents is 2. The summed E-state index contributed by atoms with van der Waals surface area (Å²) in [4.78, 5) is 13.0. The van der Waals surface area contributed by atoms with Gasteiger partial charge in [0.1, 0.15) is 0 Å². The Hall–Kier alpha value is -3.21. The zero-order valence-corrected chi connectivity index (χ0v) is 16.2. The molecular formula is C23H24O5. The Morgan fingerprint density at radius 3 is 1.64 bits per heavy atom. The van der Waals surface area contributed by atoms with Crippen LogP contribution in [0.1, 0.15) is 30.9 Å². The van der Waals surface area contributed by atoms with Crippen LogP contribution in [0, 0.1) is 5.92 Å². The highest BCUT2D eigenvalue weighted by atomic mass is 16.5. The summed E-state index contributed by atoms with van der Waals surface area (Å²) in [5, 5.41) is 19.9. The van der Waals surface area contributed by atoms with Crippen molar-refractivity contribution in [1.82, 2.24) is 0 Å². The van der Waals surface area contributed by atoms with Crippen molar-refractivity contribution < 1.29 is 24.5 Å². The van der Waals surface area contributed by atoms with Gasteiger partial charge in [0.15, 0.2) is 28.8 Å². The summed E-state index contributed by atoms with van der Waals surface area (Å²) < 4.78 is 10.1. The van der Waals surface area contributed by atoms with Gasteiger partial charge in [0.05, 0.1) is 14.2 Å². The number of rotatable bonds is 4. The lowest BCUT2D eigenvalue weighted by atomic mass is 9.81. The number of methoxy groups -OCH3 is 2. The SMILES string of the molecule is COc1ccc(/C=C2\CC(C)C/C(=C\c3ccc(OC)c(O)c3)C2=O)cc1O. The highest BCUT2D eigenvalue weighted by molar-refractivity contribution is 6.14. The largest absolute Gasteiger partial charge is 0.504 e. The van der Waals surface area contributed by atoms with Crippen LogP contribution in [0.25, 0.3) is 12.2 Å². The van der Waals surface area contributed by atoms with Crippen LogP contribution in [0.5, 0.6) is 23.0 Å². The number of hydrogen-bond acceptors (Lipinski definition) is 5. The number of carbonyl (C=O) groups excluding carboxylic acids is 1. The van der Waals surface area contributed by atoms with E-state index in [1.54, 1.807) is 24.3 Å². The molecule has 1 fully saturated rings. The van der Waals surface area contributed by atoms with Gasteiger partial charge in [0.25, 0.3) is 0 Å². The molecule has 2 aromatic carbocycles. The van der Waals surface area contributed by atoms with Gasteiger partial charge < -0.3 is 19.7 Å². The first-order valence-corrected chi connectivity index (χ1v) is 9.11. The lowest BCUT2D eigenvalue weighted by Gasteiger charge is -2.22. The molecule has 146 valence electrons. The van der Waals surface area contributed by atoms with Crippen molar-refractivity contribution in [3.8, 4) is 23.0 Å². The number of ketones is 1. The number of phenols is 2. The standard InChI is InChI=1S/C23H24O5/c1-14-8-17(10-15-4-6-21(27-2)19(24)12-15)23(26)18(9-14)11-16-5-7-22(28-3)20(25)13-16/h4-7,10-14,24-25H,8-9H2,1-3H3/b17-10+,18-11+. The van der Waals surface area contributed by atoms with Crippen molar-refractivity contribution in [2.24, 2.45) is 5.92 Å². The molecule has 1 saturated carbocycles. The molecule has 0 spiro atoms. The average molecular weight is 380 g/mol. The second-order valence-electron chi connectivity index (χ2n) is 7.04. The Balaban J connectivity index is 1.92. The Morgan fingerprint density at radius 1 is 0.857 bits per heavy atom. The lowest BCUT2D eigenvalue weighted by Crippen LogP contribution is -2.18. The molecule has 5 nitrogen and oxygen atoms in total. The molecule has 28 heavy (non-hydrogen) atoms. The number of carbonyl (C=O) groups is 1. The van der Waals surface area contributed by atoms with E-state index in [4.69, 9.17) is 9.47 Å². The molecule has 0 unspecified atom stereocenters.